The summed E-state index contributed by atoms with van der Waals surface area (Å²) in [6.07, 6.45) is 11.5. The number of likely N-dealkylation sites (N-methyl/N-ethyl adjacent to an activating group) is 1. The molecule has 1 aliphatic heterocycles. The number of nitrogens with one attached hydrogen (secondary N) is 1. The standard InChI is InChI=1S/C26H42N2O2S/c1-24(2,3)31-16-22(29)27-15-17-7-9-19-18-8-10-21-26(5,14-12-23(30)28(21)6)20(18)11-13-25(17,19)4/h12,14,17-21H,7-11,13,15-16H2,1-6H3,(H,27,29)/t17?,18-,19-,20-,21+,25+,26+/m0/s1. The van der Waals surface area contributed by atoms with Crippen molar-refractivity contribution in [3.63, 3.8) is 0 Å². The number of hydrogen-bond acceptors (Lipinski definition) is 3. The Labute approximate surface area is 193 Å². The zero-order valence-corrected chi connectivity index (χ0v) is 21.2. The van der Waals surface area contributed by atoms with E-state index in [0.717, 1.165) is 24.8 Å². The van der Waals surface area contributed by atoms with Crippen LogP contribution in [0, 0.1) is 34.5 Å². The molecule has 5 heteroatoms. The van der Waals surface area contributed by atoms with Gasteiger partial charge in [-0.05, 0) is 73.7 Å². The Balaban J connectivity index is 1.43. The van der Waals surface area contributed by atoms with Crippen LogP contribution in [0.25, 0.3) is 0 Å². The summed E-state index contributed by atoms with van der Waals surface area (Å²) >= 11 is 1.72. The first-order valence-electron chi connectivity index (χ1n) is 12.3. The van der Waals surface area contributed by atoms with Gasteiger partial charge in [-0.2, -0.15) is 0 Å². The molecule has 174 valence electrons. The lowest BCUT2D eigenvalue weighted by Crippen LogP contribution is -2.59. The summed E-state index contributed by atoms with van der Waals surface area (Å²) < 4.78 is 0.126. The van der Waals surface area contributed by atoms with Crippen LogP contribution < -0.4 is 5.32 Å². The third-order valence-electron chi connectivity index (χ3n) is 9.51. The number of carbonyl (C=O) groups is 2. The molecule has 3 aliphatic carbocycles. The zero-order valence-electron chi connectivity index (χ0n) is 20.4. The number of carbonyl (C=O) groups excluding carboxylic acids is 2. The van der Waals surface area contributed by atoms with Crippen LogP contribution in [0.3, 0.4) is 0 Å². The van der Waals surface area contributed by atoms with Crippen LogP contribution in [0.15, 0.2) is 12.2 Å². The predicted octanol–water partition coefficient (Wildman–Crippen LogP) is 4.89. The highest BCUT2D eigenvalue weighted by Gasteiger charge is 2.60. The number of fused-ring (bicyclic) bond motifs is 5. The Morgan fingerprint density at radius 1 is 1.16 bits per heavy atom. The molecule has 4 nitrogen and oxygen atoms in total. The van der Waals surface area contributed by atoms with Gasteiger partial charge in [0.2, 0.25) is 11.8 Å². The molecule has 3 saturated carbocycles. The number of hydrogen-bond donors (Lipinski definition) is 1. The smallest absolute Gasteiger partial charge is 0.246 e. The summed E-state index contributed by atoms with van der Waals surface area (Å²) in [6.45, 7) is 12.3. The molecule has 0 aromatic rings. The summed E-state index contributed by atoms with van der Waals surface area (Å²) in [5.74, 6) is 3.69. The number of amides is 2. The van der Waals surface area contributed by atoms with Crippen LogP contribution in [0.4, 0.5) is 0 Å². The van der Waals surface area contributed by atoms with Crippen molar-refractivity contribution < 1.29 is 9.59 Å². The number of rotatable bonds is 4. The van der Waals surface area contributed by atoms with Crippen LogP contribution in [-0.4, -0.2) is 46.8 Å². The Bertz CT molecular complexity index is 759. The molecule has 1 heterocycles. The van der Waals surface area contributed by atoms with Gasteiger partial charge >= 0.3 is 0 Å². The normalized spacial score (nSPS) is 42.1. The van der Waals surface area contributed by atoms with E-state index in [1.54, 1.807) is 11.8 Å². The van der Waals surface area contributed by atoms with E-state index < -0.39 is 0 Å². The second kappa shape index (κ2) is 8.11. The molecule has 0 bridgehead atoms. The van der Waals surface area contributed by atoms with E-state index in [1.165, 1.54) is 32.1 Å². The van der Waals surface area contributed by atoms with E-state index in [0.29, 0.717) is 29.0 Å². The first-order valence-corrected chi connectivity index (χ1v) is 13.3. The summed E-state index contributed by atoms with van der Waals surface area (Å²) in [4.78, 5) is 26.7. The van der Waals surface area contributed by atoms with Crippen LogP contribution in [0.5, 0.6) is 0 Å². The second-order valence-electron chi connectivity index (χ2n) is 12.1. The van der Waals surface area contributed by atoms with Crippen LogP contribution >= 0.6 is 11.8 Å². The highest BCUT2D eigenvalue weighted by molar-refractivity contribution is 8.01. The predicted molar refractivity (Wildman–Crippen MR) is 129 cm³/mol. The molecule has 2 amide bonds. The van der Waals surface area contributed by atoms with Gasteiger partial charge in [0.1, 0.15) is 0 Å². The maximum absolute atomic E-state index is 12.4. The van der Waals surface area contributed by atoms with Gasteiger partial charge in [-0.15, -0.1) is 11.8 Å². The summed E-state index contributed by atoms with van der Waals surface area (Å²) in [5, 5.41) is 3.28. The molecule has 0 spiro atoms. The molecule has 0 aromatic heterocycles. The van der Waals surface area contributed by atoms with Crippen molar-refractivity contribution in [2.24, 2.45) is 34.5 Å². The molecular weight excluding hydrogens is 404 g/mol. The van der Waals surface area contributed by atoms with Crippen molar-refractivity contribution in [2.75, 3.05) is 19.3 Å². The molecule has 3 fully saturated rings. The molecule has 0 saturated heterocycles. The van der Waals surface area contributed by atoms with Crippen molar-refractivity contribution in [1.29, 1.82) is 0 Å². The summed E-state index contributed by atoms with van der Waals surface area (Å²) in [5.41, 5.74) is 0.457. The SMILES string of the molecule is CN1C(=O)C=C[C@]2(C)[C@H]3CC[C@]4(C)C(CNC(=O)CSC(C)(C)C)CC[C@H]4[C@@H]3CC[C@@H]12. The van der Waals surface area contributed by atoms with E-state index in [1.807, 2.05) is 18.0 Å². The van der Waals surface area contributed by atoms with E-state index in [4.69, 9.17) is 0 Å². The fourth-order valence-electron chi connectivity index (χ4n) is 7.75. The molecule has 1 unspecified atom stereocenters. The average molecular weight is 447 g/mol. The van der Waals surface area contributed by atoms with Crippen molar-refractivity contribution >= 4 is 23.6 Å². The number of nitrogens with zero attached hydrogens (tertiary/aromatic N) is 1. The lowest BCUT2D eigenvalue weighted by molar-refractivity contribution is -0.139. The largest absolute Gasteiger partial charge is 0.355 e. The first kappa shape index (κ1) is 23.2. The second-order valence-corrected chi connectivity index (χ2v) is 13.9. The van der Waals surface area contributed by atoms with Crippen LogP contribution in [0.2, 0.25) is 0 Å². The third-order valence-corrected chi connectivity index (χ3v) is 10.8. The zero-order chi connectivity index (χ0) is 22.6. The van der Waals surface area contributed by atoms with Gasteiger partial charge in [0.25, 0.3) is 0 Å². The van der Waals surface area contributed by atoms with Gasteiger partial charge in [-0.3, -0.25) is 9.59 Å². The van der Waals surface area contributed by atoms with Gasteiger partial charge < -0.3 is 10.2 Å². The van der Waals surface area contributed by atoms with Gasteiger partial charge in [0, 0.05) is 29.8 Å². The Hall–Kier alpha value is -0.970. The maximum Gasteiger partial charge on any atom is 0.246 e. The molecule has 0 radical (unpaired) electrons. The maximum atomic E-state index is 12.4. The van der Waals surface area contributed by atoms with Gasteiger partial charge in [0.15, 0.2) is 0 Å². The molecular formula is C26H42N2O2S. The van der Waals surface area contributed by atoms with Crippen molar-refractivity contribution in [3.05, 3.63) is 12.2 Å². The van der Waals surface area contributed by atoms with Gasteiger partial charge in [-0.1, -0.05) is 40.7 Å². The van der Waals surface area contributed by atoms with Gasteiger partial charge in [-0.25, -0.2) is 0 Å². The minimum Gasteiger partial charge on any atom is -0.355 e. The Morgan fingerprint density at radius 3 is 2.61 bits per heavy atom. The molecule has 4 aliphatic rings. The summed E-state index contributed by atoms with van der Waals surface area (Å²) in [7, 11) is 1.99. The van der Waals surface area contributed by atoms with Crippen molar-refractivity contribution in [2.45, 2.75) is 83.9 Å². The highest BCUT2D eigenvalue weighted by atomic mass is 32.2. The van der Waals surface area contributed by atoms with E-state index in [9.17, 15) is 9.59 Å². The van der Waals surface area contributed by atoms with Crippen LogP contribution in [-0.2, 0) is 9.59 Å². The minimum absolute atomic E-state index is 0.114. The molecule has 31 heavy (non-hydrogen) atoms. The van der Waals surface area contributed by atoms with E-state index >= 15 is 0 Å². The van der Waals surface area contributed by atoms with E-state index in [2.05, 4.69) is 46.0 Å². The minimum atomic E-state index is 0.114. The third kappa shape index (κ3) is 4.09. The lowest BCUT2D eigenvalue weighted by atomic mass is 9.47. The highest BCUT2D eigenvalue weighted by Crippen LogP contribution is 2.65. The molecule has 1 N–H and O–H groups in total. The molecule has 7 atom stereocenters. The lowest BCUT2D eigenvalue weighted by Gasteiger charge is -2.60. The monoisotopic (exact) mass is 446 g/mol. The Morgan fingerprint density at radius 2 is 1.90 bits per heavy atom. The molecule has 0 aromatic carbocycles. The van der Waals surface area contributed by atoms with E-state index in [-0.39, 0.29) is 22.0 Å². The van der Waals surface area contributed by atoms with Crippen molar-refractivity contribution in [3.8, 4) is 0 Å². The Kier molecular flexibility index (Phi) is 6.07. The van der Waals surface area contributed by atoms with Gasteiger partial charge in [0.05, 0.1) is 5.75 Å². The average Bonchev–Trinajstić information content (AvgIpc) is 3.04. The topological polar surface area (TPSA) is 49.4 Å². The van der Waals surface area contributed by atoms with Crippen molar-refractivity contribution in [1.82, 2.24) is 10.2 Å². The fraction of sp³-hybridized carbons (Fsp3) is 0.846. The number of thioether (sulfide) groups is 1. The fourth-order valence-corrected chi connectivity index (χ4v) is 8.42. The summed E-state index contributed by atoms with van der Waals surface area (Å²) in [6, 6.07) is 0.354. The molecule has 4 rings (SSSR count). The quantitative estimate of drug-likeness (QED) is 0.669. The van der Waals surface area contributed by atoms with Crippen LogP contribution in [0.1, 0.15) is 73.1 Å². The first-order chi connectivity index (χ1) is 14.5.